The van der Waals surface area contributed by atoms with Crippen LogP contribution in [0.3, 0.4) is 0 Å². The van der Waals surface area contributed by atoms with Crippen LogP contribution in [0.2, 0.25) is 0 Å². The number of para-hydroxylation sites is 2. The monoisotopic (exact) mass is 381 g/mol. The summed E-state index contributed by atoms with van der Waals surface area (Å²) in [5.74, 6) is -1.26. The van der Waals surface area contributed by atoms with E-state index in [1.807, 2.05) is 24.3 Å². The molecule has 0 radical (unpaired) electrons. The molecule has 2 aromatic rings. The van der Waals surface area contributed by atoms with Gasteiger partial charge in [-0.05, 0) is 23.8 Å². The van der Waals surface area contributed by atoms with Gasteiger partial charge in [0.05, 0.1) is 23.4 Å². The van der Waals surface area contributed by atoms with Crippen LogP contribution < -0.4 is 10.2 Å². The van der Waals surface area contributed by atoms with Crippen LogP contribution in [0.15, 0.2) is 48.5 Å². The Morgan fingerprint density at radius 2 is 1.61 bits per heavy atom. The first kappa shape index (κ1) is 19.4. The molecule has 7 heteroatoms. The van der Waals surface area contributed by atoms with Crippen molar-refractivity contribution in [3.05, 3.63) is 59.7 Å². The lowest BCUT2D eigenvalue weighted by atomic mass is 10.0. The van der Waals surface area contributed by atoms with Crippen molar-refractivity contribution >= 4 is 29.2 Å². The number of carboxylic acid groups (broad SMARTS) is 1. The zero-order valence-corrected chi connectivity index (χ0v) is 15.7. The van der Waals surface area contributed by atoms with Crippen LogP contribution in [0.5, 0.6) is 0 Å². The maximum Gasteiger partial charge on any atom is 0.335 e. The minimum Gasteiger partial charge on any atom is -0.478 e. The first-order chi connectivity index (χ1) is 13.5. The molecule has 0 unspecified atom stereocenters. The van der Waals surface area contributed by atoms with Crippen molar-refractivity contribution in [3.63, 3.8) is 0 Å². The quantitative estimate of drug-likeness (QED) is 0.829. The van der Waals surface area contributed by atoms with E-state index in [1.54, 1.807) is 30.0 Å². The van der Waals surface area contributed by atoms with Crippen LogP contribution in [0.4, 0.5) is 11.4 Å². The van der Waals surface area contributed by atoms with Crippen molar-refractivity contribution in [1.29, 1.82) is 0 Å². The van der Waals surface area contributed by atoms with E-state index in [0.29, 0.717) is 37.4 Å². The van der Waals surface area contributed by atoms with Gasteiger partial charge in [0.1, 0.15) is 0 Å². The van der Waals surface area contributed by atoms with Gasteiger partial charge in [0.2, 0.25) is 11.8 Å². The molecule has 3 rings (SSSR count). The molecule has 1 aliphatic heterocycles. The predicted octanol–water partition coefficient (Wildman–Crippen LogP) is 2.23. The summed E-state index contributed by atoms with van der Waals surface area (Å²) in [7, 11) is 0. The second-order valence-electron chi connectivity index (χ2n) is 6.70. The van der Waals surface area contributed by atoms with Gasteiger partial charge in [-0.15, -0.1) is 0 Å². The summed E-state index contributed by atoms with van der Waals surface area (Å²) in [6.45, 7) is 4.23. The van der Waals surface area contributed by atoms with Crippen LogP contribution in [0.25, 0.3) is 0 Å². The van der Waals surface area contributed by atoms with Crippen LogP contribution in [0, 0.1) is 0 Å². The second-order valence-corrected chi connectivity index (χ2v) is 6.70. The molecule has 0 aliphatic carbocycles. The molecule has 0 atom stereocenters. The maximum absolute atomic E-state index is 12.6. The minimum absolute atomic E-state index is 0.0189. The summed E-state index contributed by atoms with van der Waals surface area (Å²) >= 11 is 0. The SMILES string of the molecule is CC(=O)N1CCN(c2ccccc2NC(=O)Cc2ccccc2C(=O)O)CC1. The molecule has 2 N–H and O–H groups in total. The van der Waals surface area contributed by atoms with E-state index in [0.717, 1.165) is 5.69 Å². The summed E-state index contributed by atoms with van der Waals surface area (Å²) in [6.07, 6.45) is -0.0189. The summed E-state index contributed by atoms with van der Waals surface area (Å²) in [5, 5.41) is 12.2. The average molecular weight is 381 g/mol. The Hall–Kier alpha value is -3.35. The first-order valence-corrected chi connectivity index (χ1v) is 9.16. The topological polar surface area (TPSA) is 90.0 Å². The molecule has 1 fully saturated rings. The number of anilines is 2. The summed E-state index contributed by atoms with van der Waals surface area (Å²) < 4.78 is 0. The van der Waals surface area contributed by atoms with E-state index in [2.05, 4.69) is 10.2 Å². The Kier molecular flexibility index (Phi) is 5.93. The third kappa shape index (κ3) is 4.49. The van der Waals surface area contributed by atoms with Gasteiger partial charge >= 0.3 is 5.97 Å². The fraction of sp³-hybridized carbons (Fsp3) is 0.286. The smallest absolute Gasteiger partial charge is 0.335 e. The number of carbonyl (C=O) groups excluding carboxylic acids is 2. The molecule has 0 spiro atoms. The molecule has 7 nitrogen and oxygen atoms in total. The van der Waals surface area contributed by atoms with E-state index >= 15 is 0 Å². The molecule has 146 valence electrons. The largest absolute Gasteiger partial charge is 0.478 e. The highest BCUT2D eigenvalue weighted by Gasteiger charge is 2.21. The molecule has 2 aromatic carbocycles. The fourth-order valence-corrected chi connectivity index (χ4v) is 3.37. The molecule has 1 saturated heterocycles. The molecular weight excluding hydrogens is 358 g/mol. The number of hydrogen-bond acceptors (Lipinski definition) is 4. The normalized spacial score (nSPS) is 13.9. The van der Waals surface area contributed by atoms with Gasteiger partial charge in [-0.25, -0.2) is 4.79 Å². The van der Waals surface area contributed by atoms with Gasteiger partial charge in [0.15, 0.2) is 0 Å². The van der Waals surface area contributed by atoms with E-state index in [4.69, 9.17) is 0 Å². The van der Waals surface area contributed by atoms with Gasteiger partial charge < -0.3 is 20.2 Å². The number of piperazine rings is 1. The van der Waals surface area contributed by atoms with Gasteiger partial charge in [-0.3, -0.25) is 9.59 Å². The number of aromatic carboxylic acids is 1. The summed E-state index contributed by atoms with van der Waals surface area (Å²) in [4.78, 5) is 39.3. The van der Waals surface area contributed by atoms with Gasteiger partial charge in [-0.1, -0.05) is 30.3 Å². The number of carbonyl (C=O) groups is 3. The number of hydrogen-bond donors (Lipinski definition) is 2. The van der Waals surface area contributed by atoms with Crippen molar-refractivity contribution in [1.82, 2.24) is 4.90 Å². The Morgan fingerprint density at radius 1 is 0.964 bits per heavy atom. The lowest BCUT2D eigenvalue weighted by Crippen LogP contribution is -2.48. The molecular formula is C21H23N3O4. The van der Waals surface area contributed by atoms with Crippen molar-refractivity contribution < 1.29 is 19.5 Å². The van der Waals surface area contributed by atoms with Crippen LogP contribution in [-0.4, -0.2) is 54.0 Å². The molecule has 1 aliphatic rings. The van der Waals surface area contributed by atoms with Crippen LogP contribution in [0.1, 0.15) is 22.8 Å². The highest BCUT2D eigenvalue weighted by molar-refractivity contribution is 5.98. The zero-order chi connectivity index (χ0) is 20.1. The Bertz CT molecular complexity index is 889. The highest BCUT2D eigenvalue weighted by atomic mass is 16.4. The maximum atomic E-state index is 12.6. The number of carboxylic acids is 1. The molecule has 28 heavy (non-hydrogen) atoms. The van der Waals surface area contributed by atoms with Crippen molar-refractivity contribution in [3.8, 4) is 0 Å². The number of amides is 2. The Morgan fingerprint density at radius 3 is 2.29 bits per heavy atom. The summed E-state index contributed by atoms with van der Waals surface area (Å²) in [5.41, 5.74) is 2.17. The minimum atomic E-state index is -1.05. The number of benzene rings is 2. The molecule has 2 amide bonds. The van der Waals surface area contributed by atoms with E-state index in [1.165, 1.54) is 6.07 Å². The second kappa shape index (κ2) is 8.56. The van der Waals surface area contributed by atoms with Gasteiger partial charge in [0, 0.05) is 33.1 Å². The molecule has 0 saturated carbocycles. The number of rotatable bonds is 5. The standard InChI is InChI=1S/C21H23N3O4/c1-15(25)23-10-12-24(13-11-23)19-9-5-4-8-18(19)22-20(26)14-16-6-2-3-7-17(16)21(27)28/h2-9H,10-14H2,1H3,(H,22,26)(H,27,28). The third-order valence-corrected chi connectivity index (χ3v) is 4.84. The van der Waals surface area contributed by atoms with Gasteiger partial charge in [0.25, 0.3) is 0 Å². The Balaban J connectivity index is 1.71. The third-order valence-electron chi connectivity index (χ3n) is 4.84. The fourth-order valence-electron chi connectivity index (χ4n) is 3.37. The average Bonchev–Trinajstić information content (AvgIpc) is 2.68. The van der Waals surface area contributed by atoms with Crippen molar-refractivity contribution in [2.75, 3.05) is 36.4 Å². The van der Waals surface area contributed by atoms with Crippen LogP contribution in [-0.2, 0) is 16.0 Å². The number of nitrogens with one attached hydrogen (secondary N) is 1. The Labute approximate surface area is 163 Å². The van der Waals surface area contributed by atoms with Crippen molar-refractivity contribution in [2.24, 2.45) is 0 Å². The lowest BCUT2D eigenvalue weighted by molar-refractivity contribution is -0.129. The predicted molar refractivity (Wildman–Crippen MR) is 107 cm³/mol. The zero-order valence-electron chi connectivity index (χ0n) is 15.7. The van der Waals surface area contributed by atoms with E-state index < -0.39 is 5.97 Å². The van der Waals surface area contributed by atoms with E-state index in [9.17, 15) is 19.5 Å². The van der Waals surface area contributed by atoms with Gasteiger partial charge in [-0.2, -0.15) is 0 Å². The number of nitrogens with zero attached hydrogens (tertiary/aromatic N) is 2. The lowest BCUT2D eigenvalue weighted by Gasteiger charge is -2.36. The molecule has 1 heterocycles. The highest BCUT2D eigenvalue weighted by Crippen LogP contribution is 2.27. The van der Waals surface area contributed by atoms with E-state index in [-0.39, 0.29) is 23.8 Å². The molecule has 0 aromatic heterocycles. The first-order valence-electron chi connectivity index (χ1n) is 9.16. The summed E-state index contributed by atoms with van der Waals surface area (Å²) in [6, 6.07) is 14.0. The molecule has 0 bridgehead atoms. The van der Waals surface area contributed by atoms with Crippen LogP contribution >= 0.6 is 0 Å². The van der Waals surface area contributed by atoms with Crippen molar-refractivity contribution in [2.45, 2.75) is 13.3 Å².